The van der Waals surface area contributed by atoms with Gasteiger partial charge in [-0.3, -0.25) is 0 Å². The van der Waals surface area contributed by atoms with Crippen molar-refractivity contribution < 1.29 is 19.1 Å². The molecule has 0 heterocycles. The van der Waals surface area contributed by atoms with Crippen molar-refractivity contribution in [2.45, 2.75) is 25.8 Å². The molecule has 0 saturated carbocycles. The van der Waals surface area contributed by atoms with Crippen LogP contribution in [-0.4, -0.2) is 31.8 Å². The number of allylic oxidation sites excluding steroid dienone is 1. The number of esters is 1. The van der Waals surface area contributed by atoms with Crippen molar-refractivity contribution in [2.24, 2.45) is 0 Å². The van der Waals surface area contributed by atoms with Crippen molar-refractivity contribution in [3.63, 3.8) is 0 Å². The van der Waals surface area contributed by atoms with Crippen LogP contribution in [0.15, 0.2) is 23.3 Å². The molecular formula is C12H17NO4. The molecule has 0 aromatic heterocycles. The molecule has 94 valence electrons. The van der Waals surface area contributed by atoms with Crippen LogP contribution in [0.5, 0.6) is 0 Å². The molecule has 1 aliphatic rings. The van der Waals surface area contributed by atoms with Crippen molar-refractivity contribution in [1.82, 2.24) is 5.32 Å². The lowest BCUT2D eigenvalue weighted by molar-refractivity contribution is -0.136. The van der Waals surface area contributed by atoms with Gasteiger partial charge in [-0.25, -0.2) is 9.59 Å². The highest BCUT2D eigenvalue weighted by molar-refractivity contribution is 5.90. The molecule has 0 aromatic carbocycles. The Balaban J connectivity index is 2.96. The summed E-state index contributed by atoms with van der Waals surface area (Å²) in [5.74, 6) is -0.379. The predicted molar refractivity (Wildman–Crippen MR) is 62.4 cm³/mol. The third-order valence-corrected chi connectivity index (χ3v) is 2.49. The number of hydrogen-bond acceptors (Lipinski definition) is 4. The van der Waals surface area contributed by atoms with E-state index >= 15 is 0 Å². The third-order valence-electron chi connectivity index (χ3n) is 2.49. The minimum Gasteiger partial charge on any atom is -0.466 e. The molecule has 1 atom stereocenters. The first-order valence-electron chi connectivity index (χ1n) is 5.24. The molecule has 5 nitrogen and oxygen atoms in total. The first kappa shape index (κ1) is 13.3. The van der Waals surface area contributed by atoms with Crippen LogP contribution in [0.2, 0.25) is 0 Å². The van der Waals surface area contributed by atoms with E-state index in [1.165, 1.54) is 14.2 Å². The Kier molecular flexibility index (Phi) is 3.93. The number of amides is 1. The molecule has 5 heteroatoms. The highest BCUT2D eigenvalue weighted by Gasteiger charge is 2.28. The zero-order valence-corrected chi connectivity index (χ0v) is 10.5. The van der Waals surface area contributed by atoms with Crippen molar-refractivity contribution >= 4 is 12.1 Å². The standard InChI is InChI=1S/C12H17NO4/c1-8-5-9(10(14)16-3)7-12(2,6-8)13-11(15)17-4/h6-7H,5H2,1-4H3,(H,13,15). The van der Waals surface area contributed by atoms with Gasteiger partial charge >= 0.3 is 12.1 Å². The Morgan fingerprint density at radius 3 is 2.47 bits per heavy atom. The van der Waals surface area contributed by atoms with E-state index < -0.39 is 11.6 Å². The van der Waals surface area contributed by atoms with E-state index in [0.29, 0.717) is 12.0 Å². The maximum atomic E-state index is 11.5. The largest absolute Gasteiger partial charge is 0.466 e. The van der Waals surface area contributed by atoms with Crippen LogP contribution in [0, 0.1) is 0 Å². The molecule has 1 N–H and O–H groups in total. The molecule has 1 aliphatic carbocycles. The van der Waals surface area contributed by atoms with Gasteiger partial charge in [-0.05, 0) is 19.9 Å². The average molecular weight is 239 g/mol. The first-order chi connectivity index (χ1) is 7.90. The number of carbonyl (C=O) groups excluding carboxylic acids is 2. The molecule has 17 heavy (non-hydrogen) atoms. The molecule has 0 aromatic rings. The maximum absolute atomic E-state index is 11.5. The lowest BCUT2D eigenvalue weighted by Crippen LogP contribution is -2.44. The summed E-state index contributed by atoms with van der Waals surface area (Å²) in [6, 6.07) is 0. The van der Waals surface area contributed by atoms with Gasteiger partial charge in [0.25, 0.3) is 0 Å². The van der Waals surface area contributed by atoms with Crippen LogP contribution in [0.1, 0.15) is 20.3 Å². The van der Waals surface area contributed by atoms with Crippen molar-refractivity contribution in [3.8, 4) is 0 Å². The second-order valence-electron chi connectivity index (χ2n) is 4.23. The van der Waals surface area contributed by atoms with E-state index in [1.807, 2.05) is 13.0 Å². The fourth-order valence-electron chi connectivity index (χ4n) is 1.92. The second-order valence-corrected chi connectivity index (χ2v) is 4.23. The zero-order valence-electron chi connectivity index (χ0n) is 10.5. The number of carbonyl (C=O) groups is 2. The van der Waals surface area contributed by atoms with Crippen molar-refractivity contribution in [2.75, 3.05) is 14.2 Å². The topological polar surface area (TPSA) is 64.6 Å². The van der Waals surface area contributed by atoms with Gasteiger partial charge in [0.15, 0.2) is 0 Å². The smallest absolute Gasteiger partial charge is 0.407 e. The normalized spacial score (nSPS) is 23.3. The van der Waals surface area contributed by atoms with Crippen LogP contribution in [0.4, 0.5) is 4.79 Å². The van der Waals surface area contributed by atoms with Crippen LogP contribution >= 0.6 is 0 Å². The van der Waals surface area contributed by atoms with E-state index in [1.54, 1.807) is 13.0 Å². The molecule has 1 amide bonds. The summed E-state index contributed by atoms with van der Waals surface area (Å²) in [6.07, 6.45) is 3.56. The summed E-state index contributed by atoms with van der Waals surface area (Å²) in [5, 5.41) is 2.66. The number of ether oxygens (including phenoxy) is 2. The lowest BCUT2D eigenvalue weighted by atomic mass is 9.87. The molecule has 0 aliphatic heterocycles. The average Bonchev–Trinajstić information content (AvgIpc) is 2.25. The molecule has 0 bridgehead atoms. The number of rotatable bonds is 2. The highest BCUT2D eigenvalue weighted by atomic mass is 16.5. The minimum atomic E-state index is -0.723. The van der Waals surface area contributed by atoms with E-state index in [0.717, 1.165) is 5.57 Å². The zero-order chi connectivity index (χ0) is 13.1. The number of hydrogen-bond donors (Lipinski definition) is 1. The number of nitrogens with one attached hydrogen (secondary N) is 1. The van der Waals surface area contributed by atoms with Crippen molar-refractivity contribution in [3.05, 3.63) is 23.3 Å². The van der Waals surface area contributed by atoms with E-state index in [4.69, 9.17) is 0 Å². The van der Waals surface area contributed by atoms with Gasteiger partial charge in [-0.2, -0.15) is 0 Å². The van der Waals surface area contributed by atoms with Gasteiger partial charge in [0.05, 0.1) is 19.8 Å². The fraction of sp³-hybridized carbons (Fsp3) is 0.500. The summed E-state index contributed by atoms with van der Waals surface area (Å²) in [5.41, 5.74) is 0.803. The molecule has 0 fully saturated rings. The van der Waals surface area contributed by atoms with Crippen LogP contribution in [0.3, 0.4) is 0 Å². The molecule has 0 radical (unpaired) electrons. The van der Waals surface area contributed by atoms with Crippen LogP contribution in [0.25, 0.3) is 0 Å². The van der Waals surface area contributed by atoms with E-state index in [9.17, 15) is 9.59 Å². The molecule has 0 spiro atoms. The fourth-order valence-corrected chi connectivity index (χ4v) is 1.92. The Morgan fingerprint density at radius 1 is 1.29 bits per heavy atom. The summed E-state index contributed by atoms with van der Waals surface area (Å²) >= 11 is 0. The summed E-state index contributed by atoms with van der Waals surface area (Å²) < 4.78 is 9.23. The first-order valence-corrected chi connectivity index (χ1v) is 5.24. The van der Waals surface area contributed by atoms with Gasteiger partial charge in [0.2, 0.25) is 0 Å². The Bertz CT molecular complexity index is 397. The molecule has 1 rings (SSSR count). The van der Waals surface area contributed by atoms with Gasteiger partial charge in [0, 0.05) is 12.0 Å². The predicted octanol–water partition coefficient (Wildman–Crippen LogP) is 1.55. The quantitative estimate of drug-likeness (QED) is 0.586. The minimum absolute atomic E-state index is 0.379. The van der Waals surface area contributed by atoms with Gasteiger partial charge in [-0.15, -0.1) is 0 Å². The SMILES string of the molecule is COC(=O)NC1(C)C=C(C)CC(C(=O)OC)=C1. The van der Waals surface area contributed by atoms with Crippen LogP contribution < -0.4 is 5.32 Å². The van der Waals surface area contributed by atoms with Gasteiger partial charge in [0.1, 0.15) is 0 Å². The summed E-state index contributed by atoms with van der Waals surface area (Å²) in [4.78, 5) is 22.7. The Hall–Kier alpha value is -1.78. The number of methoxy groups -OCH3 is 2. The maximum Gasteiger partial charge on any atom is 0.407 e. The Morgan fingerprint density at radius 2 is 1.94 bits per heavy atom. The van der Waals surface area contributed by atoms with Crippen LogP contribution in [-0.2, 0) is 14.3 Å². The third kappa shape index (κ3) is 3.34. The lowest BCUT2D eigenvalue weighted by Gasteiger charge is -2.28. The Labute approximate surface area is 100 Å². The van der Waals surface area contributed by atoms with Crippen molar-refractivity contribution in [1.29, 1.82) is 0 Å². The van der Waals surface area contributed by atoms with E-state index in [2.05, 4.69) is 14.8 Å². The van der Waals surface area contributed by atoms with Gasteiger partial charge < -0.3 is 14.8 Å². The monoisotopic (exact) mass is 239 g/mol. The number of alkyl carbamates (subject to hydrolysis) is 1. The highest BCUT2D eigenvalue weighted by Crippen LogP contribution is 2.25. The molecule has 1 unspecified atom stereocenters. The summed E-state index contributed by atoms with van der Waals surface area (Å²) in [7, 11) is 2.63. The van der Waals surface area contributed by atoms with E-state index in [-0.39, 0.29) is 5.97 Å². The molecular weight excluding hydrogens is 222 g/mol. The summed E-state index contributed by atoms with van der Waals surface area (Å²) in [6.45, 7) is 3.68. The molecule has 0 saturated heterocycles. The van der Waals surface area contributed by atoms with Gasteiger partial charge in [-0.1, -0.05) is 11.6 Å². The second kappa shape index (κ2) is 5.03.